The molecular formula is C31H41N3O4. The van der Waals surface area contributed by atoms with Gasteiger partial charge >= 0.3 is 5.97 Å². The first kappa shape index (κ1) is 28.0. The average molecular weight is 520 g/mol. The molecule has 0 radical (unpaired) electrons. The van der Waals surface area contributed by atoms with E-state index >= 15 is 0 Å². The second-order valence-corrected chi connectivity index (χ2v) is 10.6. The van der Waals surface area contributed by atoms with E-state index in [1.807, 2.05) is 24.3 Å². The summed E-state index contributed by atoms with van der Waals surface area (Å²) >= 11 is 0. The molecule has 0 saturated heterocycles. The van der Waals surface area contributed by atoms with Crippen molar-refractivity contribution in [2.24, 2.45) is 5.92 Å². The standard InChI is InChI=1S/C31H41N3O4/c35-29(34-37)18-17-23-7-6-8-26(19-23)21-32-20-24-13-15-25(16-14-24)22-33-30(27-9-2-1-3-10-27)31(36)38-28-11-4-5-12-28/h6-8,13-19,27-28,30,32-33,37H,1-5,9-12,20-22H2,(H,34,35)/b18-17+. The van der Waals surface area contributed by atoms with Crippen LogP contribution in [0.2, 0.25) is 0 Å². The Morgan fingerprint density at radius 1 is 0.868 bits per heavy atom. The van der Waals surface area contributed by atoms with E-state index in [1.54, 1.807) is 11.6 Å². The smallest absolute Gasteiger partial charge is 0.323 e. The molecule has 4 N–H and O–H groups in total. The van der Waals surface area contributed by atoms with E-state index in [2.05, 4.69) is 34.9 Å². The fourth-order valence-electron chi connectivity index (χ4n) is 5.52. The molecular weight excluding hydrogens is 478 g/mol. The van der Waals surface area contributed by atoms with Gasteiger partial charge < -0.3 is 15.4 Å². The highest BCUT2D eigenvalue weighted by Gasteiger charge is 2.32. The number of ether oxygens (including phenoxy) is 1. The van der Waals surface area contributed by atoms with Crippen LogP contribution >= 0.6 is 0 Å². The van der Waals surface area contributed by atoms with Crippen LogP contribution in [0.5, 0.6) is 0 Å². The molecule has 1 amide bonds. The monoisotopic (exact) mass is 519 g/mol. The number of benzene rings is 2. The molecule has 0 aliphatic heterocycles. The Morgan fingerprint density at radius 2 is 1.53 bits per heavy atom. The number of amides is 1. The fourth-order valence-corrected chi connectivity index (χ4v) is 5.52. The molecule has 38 heavy (non-hydrogen) atoms. The summed E-state index contributed by atoms with van der Waals surface area (Å²) in [5.41, 5.74) is 5.94. The number of rotatable bonds is 12. The lowest BCUT2D eigenvalue weighted by molar-refractivity contribution is -0.153. The van der Waals surface area contributed by atoms with E-state index in [0.29, 0.717) is 19.0 Å². The molecule has 2 aromatic rings. The van der Waals surface area contributed by atoms with Gasteiger partial charge in [0.25, 0.3) is 5.91 Å². The largest absolute Gasteiger partial charge is 0.461 e. The van der Waals surface area contributed by atoms with E-state index in [1.165, 1.54) is 30.9 Å². The Morgan fingerprint density at radius 3 is 2.24 bits per heavy atom. The van der Waals surface area contributed by atoms with Crippen molar-refractivity contribution in [3.8, 4) is 0 Å². The first-order valence-corrected chi connectivity index (χ1v) is 14.0. The van der Waals surface area contributed by atoms with Gasteiger partial charge in [-0.05, 0) is 72.8 Å². The van der Waals surface area contributed by atoms with Gasteiger partial charge in [-0.1, -0.05) is 67.8 Å². The second kappa shape index (κ2) is 14.8. The van der Waals surface area contributed by atoms with Crippen molar-refractivity contribution in [3.63, 3.8) is 0 Å². The summed E-state index contributed by atoms with van der Waals surface area (Å²) in [7, 11) is 0. The summed E-state index contributed by atoms with van der Waals surface area (Å²) in [4.78, 5) is 24.3. The topological polar surface area (TPSA) is 99.7 Å². The Hall–Kier alpha value is -3.00. The van der Waals surface area contributed by atoms with Crippen LogP contribution < -0.4 is 16.1 Å². The van der Waals surface area contributed by atoms with Crippen molar-refractivity contribution < 1.29 is 19.5 Å². The number of carbonyl (C=O) groups excluding carboxylic acids is 2. The van der Waals surface area contributed by atoms with Crippen LogP contribution in [0.1, 0.15) is 80.0 Å². The second-order valence-electron chi connectivity index (χ2n) is 10.6. The van der Waals surface area contributed by atoms with Crippen molar-refractivity contribution in [2.45, 2.75) is 89.6 Å². The third kappa shape index (κ3) is 8.79. The molecule has 0 spiro atoms. The molecule has 0 bridgehead atoms. The molecule has 0 aromatic heterocycles. The zero-order valence-corrected chi connectivity index (χ0v) is 22.2. The van der Waals surface area contributed by atoms with Crippen LogP contribution in [0.4, 0.5) is 0 Å². The minimum absolute atomic E-state index is 0.0548. The lowest BCUT2D eigenvalue weighted by Gasteiger charge is -2.30. The third-order valence-electron chi connectivity index (χ3n) is 7.66. The normalized spacial score (nSPS) is 17.5. The summed E-state index contributed by atoms with van der Waals surface area (Å²) in [5, 5.41) is 15.6. The third-order valence-corrected chi connectivity index (χ3v) is 7.66. The maximum Gasteiger partial charge on any atom is 0.323 e. The number of esters is 1. The molecule has 0 heterocycles. The maximum absolute atomic E-state index is 13.1. The highest BCUT2D eigenvalue weighted by Crippen LogP contribution is 2.29. The van der Waals surface area contributed by atoms with Gasteiger partial charge in [-0.15, -0.1) is 0 Å². The Labute approximate surface area is 226 Å². The minimum Gasteiger partial charge on any atom is -0.461 e. The van der Waals surface area contributed by atoms with Crippen molar-refractivity contribution in [2.75, 3.05) is 0 Å². The van der Waals surface area contributed by atoms with Crippen molar-refractivity contribution in [3.05, 3.63) is 76.9 Å². The summed E-state index contributed by atoms with van der Waals surface area (Å²) < 4.78 is 5.91. The van der Waals surface area contributed by atoms with Crippen molar-refractivity contribution >= 4 is 18.0 Å². The number of nitrogens with one attached hydrogen (secondary N) is 3. The van der Waals surface area contributed by atoms with Gasteiger partial charge in [-0.25, -0.2) is 5.48 Å². The van der Waals surface area contributed by atoms with Crippen LogP contribution in [0, 0.1) is 5.92 Å². The first-order chi connectivity index (χ1) is 18.6. The Balaban J connectivity index is 1.25. The Kier molecular flexibility index (Phi) is 10.9. The predicted molar refractivity (Wildman–Crippen MR) is 148 cm³/mol. The molecule has 2 aliphatic rings. The number of hydroxylamine groups is 1. The van der Waals surface area contributed by atoms with Crippen molar-refractivity contribution in [1.29, 1.82) is 0 Å². The van der Waals surface area contributed by atoms with Gasteiger partial charge in [-0.3, -0.25) is 14.8 Å². The highest BCUT2D eigenvalue weighted by molar-refractivity contribution is 5.90. The zero-order chi connectivity index (χ0) is 26.6. The number of hydrogen-bond donors (Lipinski definition) is 4. The summed E-state index contributed by atoms with van der Waals surface area (Å²) in [6.07, 6.45) is 13.2. The van der Waals surface area contributed by atoms with Gasteiger partial charge in [0.1, 0.15) is 12.1 Å². The molecule has 2 aliphatic carbocycles. The van der Waals surface area contributed by atoms with E-state index in [4.69, 9.17) is 9.94 Å². The van der Waals surface area contributed by atoms with E-state index < -0.39 is 5.91 Å². The van der Waals surface area contributed by atoms with Gasteiger partial charge in [0, 0.05) is 25.7 Å². The first-order valence-electron chi connectivity index (χ1n) is 14.0. The Bertz CT molecular complexity index is 1060. The van der Waals surface area contributed by atoms with Gasteiger partial charge in [0.2, 0.25) is 0 Å². The molecule has 2 saturated carbocycles. The number of carbonyl (C=O) groups is 2. The molecule has 2 aromatic carbocycles. The fraction of sp³-hybridized carbons (Fsp3) is 0.484. The quantitative estimate of drug-likeness (QED) is 0.136. The van der Waals surface area contributed by atoms with Crippen LogP contribution in [0.15, 0.2) is 54.6 Å². The lowest BCUT2D eigenvalue weighted by Crippen LogP contribution is -2.45. The molecule has 7 nitrogen and oxygen atoms in total. The molecule has 4 rings (SSSR count). The van der Waals surface area contributed by atoms with Crippen LogP contribution in [-0.4, -0.2) is 29.2 Å². The molecule has 2 fully saturated rings. The van der Waals surface area contributed by atoms with Crippen molar-refractivity contribution in [1.82, 2.24) is 16.1 Å². The highest BCUT2D eigenvalue weighted by atomic mass is 16.5. The molecule has 1 atom stereocenters. The molecule has 7 heteroatoms. The number of hydrogen-bond acceptors (Lipinski definition) is 6. The predicted octanol–water partition coefficient (Wildman–Crippen LogP) is 5.02. The van der Waals surface area contributed by atoms with Crippen LogP contribution in [0.25, 0.3) is 6.08 Å². The summed E-state index contributed by atoms with van der Waals surface area (Å²) in [5.74, 6) is -0.247. The maximum atomic E-state index is 13.1. The van der Waals surface area contributed by atoms with Gasteiger partial charge in [0.05, 0.1) is 0 Å². The molecule has 1 unspecified atom stereocenters. The van der Waals surface area contributed by atoms with E-state index in [0.717, 1.165) is 61.8 Å². The average Bonchev–Trinajstić information content (AvgIpc) is 3.46. The summed E-state index contributed by atoms with van der Waals surface area (Å²) in [6.45, 7) is 2.09. The SMILES string of the molecule is O=C(/C=C/c1cccc(CNCc2ccc(CNC(C(=O)OC3CCCC3)C3CCCCC3)cc2)c1)NO. The van der Waals surface area contributed by atoms with Gasteiger partial charge in [0.15, 0.2) is 0 Å². The summed E-state index contributed by atoms with van der Waals surface area (Å²) in [6, 6.07) is 16.2. The van der Waals surface area contributed by atoms with E-state index in [9.17, 15) is 9.59 Å². The van der Waals surface area contributed by atoms with Crippen LogP contribution in [0.3, 0.4) is 0 Å². The lowest BCUT2D eigenvalue weighted by atomic mass is 9.83. The molecule has 204 valence electrons. The van der Waals surface area contributed by atoms with Gasteiger partial charge in [-0.2, -0.15) is 0 Å². The van der Waals surface area contributed by atoms with Crippen LogP contribution in [-0.2, 0) is 34.0 Å². The zero-order valence-electron chi connectivity index (χ0n) is 22.2. The van der Waals surface area contributed by atoms with E-state index in [-0.39, 0.29) is 18.1 Å². The minimum atomic E-state index is -0.555.